The van der Waals surface area contributed by atoms with Crippen LogP contribution in [-0.2, 0) is 22.4 Å². The minimum absolute atomic E-state index is 0.172. The van der Waals surface area contributed by atoms with Crippen molar-refractivity contribution in [1.82, 2.24) is 9.97 Å². The van der Waals surface area contributed by atoms with Crippen LogP contribution in [0.4, 0.5) is 5.00 Å². The van der Waals surface area contributed by atoms with E-state index in [-0.39, 0.29) is 5.91 Å². The molecule has 34 heavy (non-hydrogen) atoms. The lowest BCUT2D eigenvalue weighted by molar-refractivity contribution is -0.115. The summed E-state index contributed by atoms with van der Waals surface area (Å²) in [5.41, 5.74) is 4.62. The van der Waals surface area contributed by atoms with E-state index in [0.717, 1.165) is 40.7 Å². The number of esters is 1. The summed E-state index contributed by atoms with van der Waals surface area (Å²) in [6, 6.07) is 18.2. The van der Waals surface area contributed by atoms with E-state index in [9.17, 15) is 9.59 Å². The zero-order chi connectivity index (χ0) is 23.7. The summed E-state index contributed by atoms with van der Waals surface area (Å²) in [5.74, 6) is -0.165. The van der Waals surface area contributed by atoms with Crippen LogP contribution in [0.25, 0.3) is 11.0 Å². The molecule has 4 aromatic rings. The monoisotopic (exact) mass is 491 g/mol. The molecule has 1 aliphatic rings. The lowest BCUT2D eigenvalue weighted by Gasteiger charge is -2.22. The van der Waals surface area contributed by atoms with Gasteiger partial charge >= 0.3 is 5.97 Å². The molecule has 1 aliphatic carbocycles. The molecule has 0 spiro atoms. The molecule has 0 fully saturated rings. The number of thioether (sulfide) groups is 1. The smallest absolute Gasteiger partial charge is 0.341 e. The summed E-state index contributed by atoms with van der Waals surface area (Å²) in [5, 5.41) is 3.87. The van der Waals surface area contributed by atoms with Gasteiger partial charge in [0.15, 0.2) is 5.16 Å². The molecule has 8 heteroatoms. The number of benzene rings is 2. The molecular formula is C26H25N3O3S2. The largest absolute Gasteiger partial charge is 0.465 e. The molecule has 2 aromatic heterocycles. The number of fused-ring (bicyclic) bond motifs is 2. The number of para-hydroxylation sites is 2. The Bertz CT molecular complexity index is 1310. The number of methoxy groups -OCH3 is 1. The number of thiophene rings is 1. The van der Waals surface area contributed by atoms with E-state index in [1.165, 1.54) is 35.8 Å². The van der Waals surface area contributed by atoms with Crippen molar-refractivity contribution in [2.24, 2.45) is 0 Å². The fourth-order valence-electron chi connectivity index (χ4n) is 4.42. The number of hydrogen-bond donors (Lipinski definition) is 2. The van der Waals surface area contributed by atoms with Crippen LogP contribution in [0.2, 0.25) is 0 Å². The van der Waals surface area contributed by atoms with Crippen LogP contribution in [0.5, 0.6) is 0 Å². The van der Waals surface area contributed by atoms with Gasteiger partial charge in [0.1, 0.15) is 5.00 Å². The Kier molecular flexibility index (Phi) is 6.43. The quantitative estimate of drug-likeness (QED) is 0.263. The minimum Gasteiger partial charge on any atom is -0.465 e. The van der Waals surface area contributed by atoms with Gasteiger partial charge in [-0.1, -0.05) is 54.2 Å². The number of imidazole rings is 1. The maximum atomic E-state index is 13.1. The first kappa shape index (κ1) is 22.7. The van der Waals surface area contributed by atoms with Crippen molar-refractivity contribution in [2.45, 2.75) is 42.5 Å². The third kappa shape index (κ3) is 4.48. The first-order valence-electron chi connectivity index (χ1n) is 11.2. The van der Waals surface area contributed by atoms with E-state index in [4.69, 9.17) is 4.74 Å². The SMILES string of the molecule is COC(=O)c1c(NC(=O)C(C)Sc2nc3ccccc3[nH]2)sc2c1CCC(c1ccccc1)C2. The topological polar surface area (TPSA) is 84.1 Å². The van der Waals surface area contributed by atoms with Crippen molar-refractivity contribution in [3.63, 3.8) is 0 Å². The van der Waals surface area contributed by atoms with E-state index in [0.29, 0.717) is 21.6 Å². The zero-order valence-corrected chi connectivity index (χ0v) is 20.6. The van der Waals surface area contributed by atoms with Gasteiger partial charge in [-0.15, -0.1) is 11.3 Å². The summed E-state index contributed by atoms with van der Waals surface area (Å²) in [6.45, 7) is 1.84. The normalized spacial score (nSPS) is 16.1. The Labute approximate surface area is 206 Å². The molecule has 2 atom stereocenters. The van der Waals surface area contributed by atoms with Crippen LogP contribution in [0.15, 0.2) is 59.8 Å². The molecule has 6 nitrogen and oxygen atoms in total. The van der Waals surface area contributed by atoms with Crippen LogP contribution < -0.4 is 5.32 Å². The highest BCUT2D eigenvalue weighted by Gasteiger charge is 2.31. The minimum atomic E-state index is -0.401. The third-order valence-electron chi connectivity index (χ3n) is 6.19. The summed E-state index contributed by atoms with van der Waals surface area (Å²) in [6.07, 6.45) is 2.60. The number of rotatable bonds is 6. The second-order valence-electron chi connectivity index (χ2n) is 8.36. The molecule has 0 saturated carbocycles. The van der Waals surface area contributed by atoms with Gasteiger partial charge in [0, 0.05) is 4.88 Å². The Hall–Kier alpha value is -3.10. The summed E-state index contributed by atoms with van der Waals surface area (Å²) >= 11 is 2.85. The number of aromatic amines is 1. The first-order chi connectivity index (χ1) is 16.5. The average Bonchev–Trinajstić information content (AvgIpc) is 3.43. The van der Waals surface area contributed by atoms with E-state index >= 15 is 0 Å². The van der Waals surface area contributed by atoms with Gasteiger partial charge in [-0.25, -0.2) is 9.78 Å². The van der Waals surface area contributed by atoms with E-state index < -0.39 is 11.2 Å². The highest BCUT2D eigenvalue weighted by molar-refractivity contribution is 8.00. The van der Waals surface area contributed by atoms with Gasteiger partial charge in [-0.2, -0.15) is 0 Å². The van der Waals surface area contributed by atoms with Crippen molar-refractivity contribution >= 4 is 51.0 Å². The highest BCUT2D eigenvalue weighted by Crippen LogP contribution is 2.43. The second kappa shape index (κ2) is 9.64. The number of anilines is 1. The van der Waals surface area contributed by atoms with Crippen molar-refractivity contribution in [2.75, 3.05) is 12.4 Å². The molecule has 174 valence electrons. The van der Waals surface area contributed by atoms with E-state index in [1.807, 2.05) is 37.3 Å². The molecule has 0 bridgehead atoms. The molecule has 2 N–H and O–H groups in total. The molecule has 0 saturated heterocycles. The zero-order valence-electron chi connectivity index (χ0n) is 19.0. The fourth-order valence-corrected chi connectivity index (χ4v) is 6.56. The Morgan fingerprint density at radius 2 is 1.94 bits per heavy atom. The van der Waals surface area contributed by atoms with Gasteiger partial charge in [0.2, 0.25) is 5.91 Å². The van der Waals surface area contributed by atoms with Gasteiger partial charge in [-0.3, -0.25) is 4.79 Å². The lowest BCUT2D eigenvalue weighted by Crippen LogP contribution is -2.23. The van der Waals surface area contributed by atoms with Gasteiger partial charge in [0.25, 0.3) is 0 Å². The second-order valence-corrected chi connectivity index (χ2v) is 10.8. The van der Waals surface area contributed by atoms with Crippen LogP contribution in [-0.4, -0.2) is 34.2 Å². The maximum Gasteiger partial charge on any atom is 0.341 e. The maximum absolute atomic E-state index is 13.1. The number of ether oxygens (including phenoxy) is 1. The Morgan fingerprint density at radius 1 is 1.18 bits per heavy atom. The summed E-state index contributed by atoms with van der Waals surface area (Å²) in [7, 11) is 1.38. The van der Waals surface area contributed by atoms with Gasteiger partial charge in [0.05, 0.1) is 29.0 Å². The number of aromatic nitrogens is 2. The third-order valence-corrected chi connectivity index (χ3v) is 8.34. The van der Waals surface area contributed by atoms with Crippen molar-refractivity contribution < 1.29 is 14.3 Å². The number of H-pyrrole nitrogens is 1. The Morgan fingerprint density at radius 3 is 2.71 bits per heavy atom. The average molecular weight is 492 g/mol. The molecule has 1 amide bonds. The first-order valence-corrected chi connectivity index (χ1v) is 12.9. The molecule has 2 heterocycles. The van der Waals surface area contributed by atoms with Crippen LogP contribution in [0.3, 0.4) is 0 Å². The number of amides is 1. The molecule has 5 rings (SSSR count). The summed E-state index contributed by atoms with van der Waals surface area (Å²) in [4.78, 5) is 34.7. The molecule has 2 aromatic carbocycles. The fraction of sp³-hybridized carbons (Fsp3) is 0.269. The molecular weight excluding hydrogens is 466 g/mol. The van der Waals surface area contributed by atoms with Crippen LogP contribution in [0.1, 0.15) is 45.6 Å². The Balaban J connectivity index is 1.35. The van der Waals surface area contributed by atoms with Crippen LogP contribution in [0, 0.1) is 0 Å². The predicted molar refractivity (Wildman–Crippen MR) is 137 cm³/mol. The number of carbonyl (C=O) groups is 2. The molecule has 2 unspecified atom stereocenters. The number of carbonyl (C=O) groups excluding carboxylic acids is 2. The van der Waals surface area contributed by atoms with Gasteiger partial charge in [-0.05, 0) is 55.4 Å². The van der Waals surface area contributed by atoms with Crippen molar-refractivity contribution in [3.8, 4) is 0 Å². The predicted octanol–water partition coefficient (Wildman–Crippen LogP) is 5.80. The summed E-state index contributed by atoms with van der Waals surface area (Å²) < 4.78 is 5.08. The lowest BCUT2D eigenvalue weighted by atomic mass is 9.83. The van der Waals surface area contributed by atoms with Crippen molar-refractivity contribution in [3.05, 3.63) is 76.2 Å². The number of nitrogens with zero attached hydrogens (tertiary/aromatic N) is 1. The van der Waals surface area contributed by atoms with Crippen LogP contribution >= 0.6 is 23.1 Å². The number of hydrogen-bond acceptors (Lipinski definition) is 6. The van der Waals surface area contributed by atoms with E-state index in [1.54, 1.807) is 0 Å². The molecule has 0 aliphatic heterocycles. The number of nitrogens with one attached hydrogen (secondary N) is 2. The highest BCUT2D eigenvalue weighted by atomic mass is 32.2. The van der Waals surface area contributed by atoms with Gasteiger partial charge < -0.3 is 15.0 Å². The standard InChI is InChI=1S/C26H25N3O3S2/c1-15(33-26-27-19-10-6-7-11-20(19)28-26)23(30)29-24-22(25(31)32-2)18-13-12-17(14-21(18)34-24)16-8-4-3-5-9-16/h3-11,15,17H,12-14H2,1-2H3,(H,27,28)(H,29,30). The van der Waals surface area contributed by atoms with E-state index in [2.05, 4.69) is 39.6 Å². The molecule has 0 radical (unpaired) electrons. The van der Waals surface area contributed by atoms with Crippen molar-refractivity contribution in [1.29, 1.82) is 0 Å².